The van der Waals surface area contributed by atoms with Crippen molar-refractivity contribution in [3.8, 4) is 0 Å². The monoisotopic (exact) mass is 355 g/mol. The zero-order valence-electron chi connectivity index (χ0n) is 10.9. The van der Waals surface area contributed by atoms with Crippen LogP contribution in [-0.2, 0) is 6.54 Å². The molecule has 2 rings (SSSR count). The average Bonchev–Trinajstić information content (AvgIpc) is 2.95. The third-order valence-corrected chi connectivity index (χ3v) is 4.76. The summed E-state index contributed by atoms with van der Waals surface area (Å²) in [4.78, 5) is 14.8. The molecule has 0 spiro atoms. The van der Waals surface area contributed by atoms with E-state index in [1.54, 1.807) is 23.6 Å². The third-order valence-electron chi connectivity index (χ3n) is 2.95. The van der Waals surface area contributed by atoms with Gasteiger partial charge in [-0.15, -0.1) is 11.3 Å². The van der Waals surface area contributed by atoms with Crippen LogP contribution in [-0.4, -0.2) is 9.91 Å². The van der Waals surface area contributed by atoms with Crippen molar-refractivity contribution in [2.75, 3.05) is 0 Å². The fraction of sp³-hybridized carbons (Fsp3) is 0.308. The van der Waals surface area contributed by atoms with Crippen molar-refractivity contribution in [1.82, 2.24) is 10.3 Å². The topological polar surface area (TPSA) is 68.1 Å². The van der Waals surface area contributed by atoms with Gasteiger partial charge in [0.05, 0.1) is 15.4 Å². The minimum atomic E-state index is -0.383. The largest absolute Gasteiger partial charge is 0.304 e. The fourth-order valence-corrected chi connectivity index (χ4v) is 3.24. The lowest BCUT2D eigenvalue weighted by Gasteiger charge is -2.15. The lowest BCUT2D eigenvalue weighted by Crippen LogP contribution is -2.20. The van der Waals surface area contributed by atoms with Crippen molar-refractivity contribution >= 4 is 33.0 Å². The molecular formula is C13H14BrN3O2S. The Labute approximate surface area is 129 Å². The van der Waals surface area contributed by atoms with Crippen LogP contribution < -0.4 is 5.32 Å². The maximum absolute atomic E-state index is 10.9. The molecule has 1 heterocycles. The Bertz CT molecular complexity index is 589. The van der Waals surface area contributed by atoms with Crippen LogP contribution in [0.2, 0.25) is 0 Å². The molecule has 1 aromatic heterocycles. The van der Waals surface area contributed by atoms with Gasteiger partial charge in [0.15, 0.2) is 0 Å². The smallest absolute Gasteiger partial charge is 0.283 e. The Morgan fingerprint density at radius 1 is 1.55 bits per heavy atom. The maximum Gasteiger partial charge on any atom is 0.283 e. The zero-order valence-corrected chi connectivity index (χ0v) is 13.3. The molecule has 0 fully saturated rings. The van der Waals surface area contributed by atoms with Gasteiger partial charge in [-0.1, -0.05) is 19.1 Å². The number of rotatable bonds is 6. The third kappa shape index (κ3) is 3.41. The summed E-state index contributed by atoms with van der Waals surface area (Å²) in [5, 5.41) is 17.3. The van der Waals surface area contributed by atoms with Gasteiger partial charge in [-0.05, 0) is 27.9 Å². The van der Waals surface area contributed by atoms with Crippen LogP contribution in [0, 0.1) is 10.1 Å². The summed E-state index contributed by atoms with van der Waals surface area (Å²) in [6.07, 6.45) is 2.70. The molecule has 0 aliphatic carbocycles. The Morgan fingerprint density at radius 2 is 2.35 bits per heavy atom. The molecule has 1 unspecified atom stereocenters. The number of hydrogen-bond acceptors (Lipinski definition) is 5. The quantitative estimate of drug-likeness (QED) is 0.626. The average molecular weight is 356 g/mol. The van der Waals surface area contributed by atoms with E-state index in [1.165, 1.54) is 6.07 Å². The number of benzene rings is 1. The van der Waals surface area contributed by atoms with Crippen molar-refractivity contribution in [3.05, 3.63) is 54.9 Å². The molecule has 5 nitrogen and oxygen atoms in total. The van der Waals surface area contributed by atoms with Crippen molar-refractivity contribution in [3.63, 3.8) is 0 Å². The standard InChI is InChI=1S/C13H14BrN3O2S/c1-2-10(13-15-6-7-20-13)16-8-9-4-3-5-11(12(9)14)17(18)19/h3-7,10,16H,2,8H2,1H3. The summed E-state index contributed by atoms with van der Waals surface area (Å²) in [5.41, 5.74) is 0.959. The number of aromatic nitrogens is 1. The minimum absolute atomic E-state index is 0.0894. The number of nitro groups is 1. The van der Waals surface area contributed by atoms with E-state index in [0.717, 1.165) is 17.0 Å². The van der Waals surface area contributed by atoms with Gasteiger partial charge in [-0.3, -0.25) is 10.1 Å². The van der Waals surface area contributed by atoms with Gasteiger partial charge in [0.25, 0.3) is 5.69 Å². The Balaban J connectivity index is 2.11. The lowest BCUT2D eigenvalue weighted by atomic mass is 10.1. The molecule has 0 saturated heterocycles. The summed E-state index contributed by atoms with van der Waals surface area (Å²) in [6.45, 7) is 2.64. The first-order valence-corrected chi connectivity index (χ1v) is 7.85. The second-order valence-electron chi connectivity index (χ2n) is 4.22. The van der Waals surface area contributed by atoms with E-state index in [4.69, 9.17) is 0 Å². The molecule has 106 valence electrons. The van der Waals surface area contributed by atoms with Crippen LogP contribution >= 0.6 is 27.3 Å². The van der Waals surface area contributed by atoms with E-state index in [0.29, 0.717) is 11.0 Å². The van der Waals surface area contributed by atoms with Crippen LogP contribution in [0.1, 0.15) is 30.0 Å². The Hall–Kier alpha value is -1.31. The summed E-state index contributed by atoms with van der Waals surface area (Å²) < 4.78 is 0.534. The molecule has 0 saturated carbocycles. The highest BCUT2D eigenvalue weighted by atomic mass is 79.9. The van der Waals surface area contributed by atoms with Gasteiger partial charge < -0.3 is 5.32 Å². The number of thiazole rings is 1. The fourth-order valence-electron chi connectivity index (χ4n) is 1.89. The predicted octanol–water partition coefficient (Wildman–Crippen LogP) is 4.05. The Kier molecular flexibility index (Phi) is 5.22. The van der Waals surface area contributed by atoms with E-state index >= 15 is 0 Å². The van der Waals surface area contributed by atoms with Gasteiger partial charge in [-0.25, -0.2) is 4.98 Å². The number of nitrogens with one attached hydrogen (secondary N) is 1. The first-order chi connectivity index (χ1) is 9.63. The second-order valence-corrected chi connectivity index (χ2v) is 5.94. The first kappa shape index (κ1) is 15.1. The van der Waals surface area contributed by atoms with E-state index in [-0.39, 0.29) is 16.7 Å². The SMILES string of the molecule is CCC(NCc1cccc([N+](=O)[O-])c1Br)c1nccs1. The molecule has 2 aromatic rings. The molecule has 0 radical (unpaired) electrons. The maximum atomic E-state index is 10.9. The molecular weight excluding hydrogens is 342 g/mol. The van der Waals surface area contributed by atoms with Crippen LogP contribution in [0.3, 0.4) is 0 Å². The molecule has 1 aromatic carbocycles. The van der Waals surface area contributed by atoms with Crippen LogP contribution in [0.5, 0.6) is 0 Å². The van der Waals surface area contributed by atoms with Crippen LogP contribution in [0.4, 0.5) is 5.69 Å². The van der Waals surface area contributed by atoms with Gasteiger partial charge in [0.2, 0.25) is 0 Å². The van der Waals surface area contributed by atoms with Crippen LogP contribution in [0.25, 0.3) is 0 Å². The van der Waals surface area contributed by atoms with Gasteiger partial charge in [0, 0.05) is 24.2 Å². The van der Waals surface area contributed by atoms with Crippen molar-refractivity contribution in [2.45, 2.75) is 25.9 Å². The number of halogens is 1. The number of nitro benzene ring substituents is 1. The zero-order chi connectivity index (χ0) is 14.5. The molecule has 1 atom stereocenters. The molecule has 1 N–H and O–H groups in total. The molecule has 0 aliphatic heterocycles. The molecule has 0 bridgehead atoms. The van der Waals surface area contributed by atoms with Gasteiger partial charge >= 0.3 is 0 Å². The van der Waals surface area contributed by atoms with Gasteiger partial charge in [-0.2, -0.15) is 0 Å². The summed E-state index contributed by atoms with van der Waals surface area (Å²) in [5.74, 6) is 0. The minimum Gasteiger partial charge on any atom is -0.304 e. The van der Waals surface area contributed by atoms with Crippen molar-refractivity contribution < 1.29 is 4.92 Å². The van der Waals surface area contributed by atoms with Crippen molar-refractivity contribution in [1.29, 1.82) is 0 Å². The summed E-state index contributed by atoms with van der Waals surface area (Å²) in [7, 11) is 0. The second kappa shape index (κ2) is 6.92. The van der Waals surface area contributed by atoms with E-state index < -0.39 is 0 Å². The molecule has 0 amide bonds. The highest BCUT2D eigenvalue weighted by Gasteiger charge is 2.16. The number of hydrogen-bond donors (Lipinski definition) is 1. The lowest BCUT2D eigenvalue weighted by molar-refractivity contribution is -0.385. The Morgan fingerprint density at radius 3 is 2.95 bits per heavy atom. The molecule has 7 heteroatoms. The molecule has 0 aliphatic rings. The van der Waals surface area contributed by atoms with Gasteiger partial charge in [0.1, 0.15) is 5.01 Å². The summed E-state index contributed by atoms with van der Waals surface area (Å²) in [6, 6.07) is 5.23. The number of nitrogens with zero attached hydrogens (tertiary/aromatic N) is 2. The highest BCUT2D eigenvalue weighted by molar-refractivity contribution is 9.10. The van der Waals surface area contributed by atoms with E-state index in [2.05, 4.69) is 33.2 Å². The van der Waals surface area contributed by atoms with Crippen LogP contribution in [0.15, 0.2) is 34.2 Å². The predicted molar refractivity (Wildman–Crippen MR) is 82.8 cm³/mol. The van der Waals surface area contributed by atoms with E-state index in [9.17, 15) is 10.1 Å². The highest BCUT2D eigenvalue weighted by Crippen LogP contribution is 2.29. The molecule has 20 heavy (non-hydrogen) atoms. The van der Waals surface area contributed by atoms with Crippen molar-refractivity contribution in [2.24, 2.45) is 0 Å². The van der Waals surface area contributed by atoms with E-state index in [1.807, 2.05) is 11.4 Å². The summed E-state index contributed by atoms with van der Waals surface area (Å²) >= 11 is 4.92. The first-order valence-electron chi connectivity index (χ1n) is 6.18. The normalized spacial score (nSPS) is 12.3.